The maximum absolute atomic E-state index is 12.8. The van der Waals surface area contributed by atoms with Gasteiger partial charge in [-0.1, -0.05) is 41.7 Å². The first-order valence-corrected chi connectivity index (χ1v) is 8.74. The summed E-state index contributed by atoms with van der Waals surface area (Å²) in [6.07, 6.45) is 5.45. The maximum atomic E-state index is 12.8. The molecule has 0 unspecified atom stereocenters. The molecule has 5 nitrogen and oxygen atoms in total. The van der Waals surface area contributed by atoms with Gasteiger partial charge in [0.05, 0.1) is 16.0 Å². The molecule has 24 heavy (non-hydrogen) atoms. The predicted octanol–water partition coefficient (Wildman–Crippen LogP) is 3.52. The number of imidazole rings is 1. The van der Waals surface area contributed by atoms with E-state index in [1.807, 2.05) is 55.1 Å². The van der Waals surface area contributed by atoms with E-state index in [-0.39, 0.29) is 11.3 Å². The molecular formula is C18H18N4OS. The summed E-state index contributed by atoms with van der Waals surface area (Å²) < 4.78 is 1.96. The summed E-state index contributed by atoms with van der Waals surface area (Å²) in [6, 6.07) is 9.99. The Morgan fingerprint density at radius 3 is 2.67 bits per heavy atom. The van der Waals surface area contributed by atoms with Crippen molar-refractivity contribution in [1.82, 2.24) is 14.5 Å². The molecule has 1 saturated carbocycles. The van der Waals surface area contributed by atoms with E-state index in [1.54, 1.807) is 6.20 Å². The molecule has 0 radical (unpaired) electrons. The summed E-state index contributed by atoms with van der Waals surface area (Å²) in [7, 11) is 1.95. The van der Waals surface area contributed by atoms with Crippen LogP contribution in [-0.4, -0.2) is 20.4 Å². The number of anilines is 1. The molecule has 1 aliphatic carbocycles. The minimum absolute atomic E-state index is 0.0360. The number of nitrogens with one attached hydrogen (secondary N) is 1. The molecule has 3 aromatic rings. The summed E-state index contributed by atoms with van der Waals surface area (Å²) in [4.78, 5) is 22.7. The average Bonchev–Trinajstić information content (AvgIpc) is 3.18. The lowest BCUT2D eigenvalue weighted by Gasteiger charge is -2.14. The Morgan fingerprint density at radius 1 is 1.29 bits per heavy atom. The fourth-order valence-corrected chi connectivity index (χ4v) is 3.99. The number of hydrogen-bond donors (Lipinski definition) is 1. The molecule has 122 valence electrons. The highest BCUT2D eigenvalue weighted by molar-refractivity contribution is 7.19. The molecule has 0 spiro atoms. The molecule has 0 saturated heterocycles. The third kappa shape index (κ3) is 2.43. The first-order valence-electron chi connectivity index (χ1n) is 7.92. The van der Waals surface area contributed by atoms with Crippen LogP contribution in [0.15, 0.2) is 42.7 Å². The Labute approximate surface area is 144 Å². The molecule has 0 atom stereocenters. The van der Waals surface area contributed by atoms with Gasteiger partial charge in [-0.2, -0.15) is 0 Å². The molecule has 0 bridgehead atoms. The van der Waals surface area contributed by atoms with Crippen molar-refractivity contribution in [1.29, 1.82) is 0 Å². The normalized spacial score (nSPS) is 15.2. The van der Waals surface area contributed by atoms with Crippen LogP contribution in [0, 0.1) is 6.92 Å². The van der Waals surface area contributed by atoms with Crippen molar-refractivity contribution in [2.45, 2.75) is 25.2 Å². The first kappa shape index (κ1) is 15.1. The van der Waals surface area contributed by atoms with Gasteiger partial charge in [0.2, 0.25) is 5.91 Å². The van der Waals surface area contributed by atoms with Crippen LogP contribution in [0.25, 0.3) is 10.7 Å². The SMILES string of the molecule is Cc1nc(NC(=O)C2(c3ccccc3)CC2)sc1-c1nccn1C. The number of benzene rings is 1. The van der Waals surface area contributed by atoms with Crippen LogP contribution in [0.1, 0.15) is 24.1 Å². The van der Waals surface area contributed by atoms with E-state index in [9.17, 15) is 4.79 Å². The Balaban J connectivity index is 1.59. The second-order valence-electron chi connectivity index (χ2n) is 6.20. The molecule has 6 heteroatoms. The molecule has 0 aliphatic heterocycles. The maximum Gasteiger partial charge on any atom is 0.236 e. The largest absolute Gasteiger partial charge is 0.333 e. The molecule has 1 aliphatic rings. The van der Waals surface area contributed by atoms with E-state index in [2.05, 4.69) is 15.3 Å². The van der Waals surface area contributed by atoms with Crippen molar-refractivity contribution >= 4 is 22.4 Å². The van der Waals surface area contributed by atoms with Crippen LogP contribution in [0.3, 0.4) is 0 Å². The van der Waals surface area contributed by atoms with Crippen molar-refractivity contribution in [2.75, 3.05) is 5.32 Å². The van der Waals surface area contributed by atoms with Gasteiger partial charge in [0, 0.05) is 19.4 Å². The lowest BCUT2D eigenvalue weighted by molar-refractivity contribution is -0.118. The van der Waals surface area contributed by atoms with Gasteiger partial charge in [0.1, 0.15) is 0 Å². The van der Waals surface area contributed by atoms with Gasteiger partial charge >= 0.3 is 0 Å². The number of hydrogen-bond acceptors (Lipinski definition) is 4. The minimum atomic E-state index is -0.385. The van der Waals surface area contributed by atoms with Crippen molar-refractivity contribution in [2.24, 2.45) is 7.05 Å². The van der Waals surface area contributed by atoms with Crippen LogP contribution >= 0.6 is 11.3 Å². The van der Waals surface area contributed by atoms with Gasteiger partial charge in [-0.15, -0.1) is 0 Å². The predicted molar refractivity (Wildman–Crippen MR) is 95.0 cm³/mol. The van der Waals surface area contributed by atoms with Crippen LogP contribution in [0.4, 0.5) is 5.13 Å². The number of rotatable bonds is 4. The van der Waals surface area contributed by atoms with Crippen LogP contribution in [0.5, 0.6) is 0 Å². The number of nitrogens with zero attached hydrogens (tertiary/aromatic N) is 3. The zero-order valence-corrected chi connectivity index (χ0v) is 14.4. The van der Waals surface area contributed by atoms with Gasteiger partial charge in [0.15, 0.2) is 11.0 Å². The van der Waals surface area contributed by atoms with Gasteiger partial charge in [-0.25, -0.2) is 9.97 Å². The molecule has 2 aromatic heterocycles. The Morgan fingerprint density at radius 2 is 2.04 bits per heavy atom. The van der Waals surface area contributed by atoms with E-state index in [1.165, 1.54) is 11.3 Å². The van der Waals surface area contributed by atoms with Gasteiger partial charge in [0.25, 0.3) is 0 Å². The second kappa shape index (κ2) is 5.56. The second-order valence-corrected chi connectivity index (χ2v) is 7.20. The topological polar surface area (TPSA) is 59.8 Å². The number of carbonyl (C=O) groups excluding carboxylic acids is 1. The summed E-state index contributed by atoms with van der Waals surface area (Å²) in [5, 5.41) is 3.65. The highest BCUT2D eigenvalue weighted by Crippen LogP contribution is 2.49. The molecule has 1 amide bonds. The van der Waals surface area contributed by atoms with Crippen molar-refractivity contribution in [3.8, 4) is 10.7 Å². The quantitative estimate of drug-likeness (QED) is 0.792. The molecule has 2 heterocycles. The first-order chi connectivity index (χ1) is 11.6. The van der Waals surface area contributed by atoms with Crippen molar-refractivity contribution in [3.05, 3.63) is 54.0 Å². The Bertz CT molecular complexity index is 893. The van der Waals surface area contributed by atoms with Crippen molar-refractivity contribution < 1.29 is 4.79 Å². The van der Waals surface area contributed by atoms with E-state index < -0.39 is 0 Å². The van der Waals surface area contributed by atoms with E-state index in [4.69, 9.17) is 0 Å². The lowest BCUT2D eigenvalue weighted by atomic mass is 9.95. The summed E-state index contributed by atoms with van der Waals surface area (Å²) in [5.74, 6) is 0.906. The molecule has 4 rings (SSSR count). The van der Waals surface area contributed by atoms with Crippen LogP contribution < -0.4 is 5.32 Å². The average molecular weight is 338 g/mol. The van der Waals surface area contributed by atoms with E-state index in [0.717, 1.165) is 34.8 Å². The number of amides is 1. The number of carbonyl (C=O) groups is 1. The third-order valence-corrected chi connectivity index (χ3v) is 5.62. The zero-order valence-electron chi connectivity index (χ0n) is 13.6. The number of aromatic nitrogens is 3. The summed E-state index contributed by atoms with van der Waals surface area (Å²) in [6.45, 7) is 1.94. The zero-order chi connectivity index (χ0) is 16.7. The molecular weight excluding hydrogens is 320 g/mol. The van der Waals surface area contributed by atoms with Crippen LogP contribution in [0.2, 0.25) is 0 Å². The smallest absolute Gasteiger partial charge is 0.236 e. The van der Waals surface area contributed by atoms with Crippen molar-refractivity contribution in [3.63, 3.8) is 0 Å². The fraction of sp³-hybridized carbons (Fsp3) is 0.278. The highest BCUT2D eigenvalue weighted by atomic mass is 32.1. The number of thiazole rings is 1. The van der Waals surface area contributed by atoms with Gasteiger partial charge in [-0.3, -0.25) is 4.79 Å². The minimum Gasteiger partial charge on any atom is -0.333 e. The van der Waals surface area contributed by atoms with Gasteiger partial charge in [-0.05, 0) is 25.3 Å². The lowest BCUT2D eigenvalue weighted by Crippen LogP contribution is -2.27. The Hall–Kier alpha value is -2.47. The van der Waals surface area contributed by atoms with E-state index in [0.29, 0.717) is 5.13 Å². The standard InChI is InChI=1S/C18H18N4OS/c1-12-14(15-19-10-11-22(15)2)24-17(20-12)21-16(23)18(8-9-18)13-6-4-3-5-7-13/h3-7,10-11H,8-9H2,1-2H3,(H,20,21,23). The fourth-order valence-electron chi connectivity index (χ4n) is 2.99. The summed E-state index contributed by atoms with van der Waals surface area (Å²) in [5.41, 5.74) is 1.58. The summed E-state index contributed by atoms with van der Waals surface area (Å²) >= 11 is 1.47. The molecule has 1 fully saturated rings. The monoisotopic (exact) mass is 338 g/mol. The molecule has 1 N–H and O–H groups in total. The Kier molecular flexibility index (Phi) is 3.49. The van der Waals surface area contributed by atoms with Crippen LogP contribution in [-0.2, 0) is 17.3 Å². The third-order valence-electron chi connectivity index (χ3n) is 4.55. The number of aryl methyl sites for hydroxylation is 2. The van der Waals surface area contributed by atoms with Gasteiger partial charge < -0.3 is 9.88 Å². The van der Waals surface area contributed by atoms with E-state index >= 15 is 0 Å². The molecule has 1 aromatic carbocycles. The highest BCUT2D eigenvalue weighted by Gasteiger charge is 2.51.